The zero-order valence-corrected chi connectivity index (χ0v) is 18.3. The lowest BCUT2D eigenvalue weighted by Gasteiger charge is -2.43. The summed E-state index contributed by atoms with van der Waals surface area (Å²) < 4.78 is 6.87. The molecule has 8 nitrogen and oxygen atoms in total. The lowest BCUT2D eigenvalue weighted by molar-refractivity contribution is -0.159. The fourth-order valence-electron chi connectivity index (χ4n) is 3.88. The van der Waals surface area contributed by atoms with Crippen molar-refractivity contribution in [3.63, 3.8) is 0 Å². The fraction of sp³-hybridized carbons (Fsp3) is 0.600. The van der Waals surface area contributed by atoms with Crippen LogP contribution in [0.25, 0.3) is 0 Å². The maximum Gasteiger partial charge on any atom is 0.414 e. The van der Waals surface area contributed by atoms with Gasteiger partial charge in [-0.3, -0.25) is 9.80 Å². The zero-order valence-electron chi connectivity index (χ0n) is 16.8. The third-order valence-corrected chi connectivity index (χ3v) is 5.63. The molecular weight excluding hydrogens is 444 g/mol. The number of hydrogen-bond acceptors (Lipinski definition) is 6. The van der Waals surface area contributed by atoms with Crippen LogP contribution in [0.5, 0.6) is 5.75 Å². The SMILES string of the molecule is CC1CN(C2CCN(Cc3cc(Br)ccc3O)CC2)CC(C)O1.O=C(O)C(=O)O. The number of hydrogen-bond donors (Lipinski definition) is 3. The number of aliphatic carboxylic acids is 2. The highest BCUT2D eigenvalue weighted by atomic mass is 79.9. The minimum absolute atomic E-state index is 0.343. The van der Waals surface area contributed by atoms with Crippen molar-refractivity contribution >= 4 is 27.9 Å². The highest BCUT2D eigenvalue weighted by Gasteiger charge is 2.30. The number of phenolic OH excluding ortho intramolecular Hbond substituents is 1. The molecule has 1 aromatic rings. The zero-order chi connectivity index (χ0) is 21.6. The highest BCUT2D eigenvalue weighted by molar-refractivity contribution is 9.10. The van der Waals surface area contributed by atoms with E-state index in [1.54, 1.807) is 6.07 Å². The topological polar surface area (TPSA) is 111 Å². The Bertz CT molecular complexity index is 686. The van der Waals surface area contributed by atoms with Gasteiger partial charge in [0.15, 0.2) is 0 Å². The molecule has 2 atom stereocenters. The number of carbonyl (C=O) groups is 2. The number of rotatable bonds is 3. The maximum absolute atomic E-state index is 10.0. The van der Waals surface area contributed by atoms with Crippen LogP contribution >= 0.6 is 15.9 Å². The Kier molecular flexibility index (Phi) is 8.88. The van der Waals surface area contributed by atoms with Gasteiger partial charge in [-0.1, -0.05) is 15.9 Å². The molecule has 1 aromatic carbocycles. The molecule has 2 fully saturated rings. The summed E-state index contributed by atoms with van der Waals surface area (Å²) in [7, 11) is 0. The molecule has 3 rings (SSSR count). The molecule has 2 aliphatic heterocycles. The van der Waals surface area contributed by atoms with Crippen LogP contribution in [0.15, 0.2) is 22.7 Å². The van der Waals surface area contributed by atoms with Crippen molar-refractivity contribution in [2.75, 3.05) is 26.2 Å². The van der Waals surface area contributed by atoms with E-state index < -0.39 is 11.9 Å². The van der Waals surface area contributed by atoms with Crippen LogP contribution in [0.1, 0.15) is 32.3 Å². The van der Waals surface area contributed by atoms with Crippen molar-refractivity contribution in [1.29, 1.82) is 0 Å². The number of carboxylic acids is 2. The minimum Gasteiger partial charge on any atom is -0.508 e. The molecular formula is C20H29BrN2O6. The number of carboxylic acid groups (broad SMARTS) is 2. The number of halogens is 1. The van der Waals surface area contributed by atoms with Gasteiger partial charge < -0.3 is 20.1 Å². The first kappa shape index (κ1) is 23.6. The van der Waals surface area contributed by atoms with Gasteiger partial charge in [0.25, 0.3) is 0 Å². The number of ether oxygens (including phenoxy) is 1. The van der Waals surface area contributed by atoms with Gasteiger partial charge in [0.1, 0.15) is 5.75 Å². The van der Waals surface area contributed by atoms with Crippen LogP contribution in [-0.4, -0.2) is 81.5 Å². The van der Waals surface area contributed by atoms with Crippen molar-refractivity contribution in [2.24, 2.45) is 0 Å². The minimum atomic E-state index is -1.82. The van der Waals surface area contributed by atoms with Crippen LogP contribution < -0.4 is 0 Å². The van der Waals surface area contributed by atoms with E-state index in [2.05, 4.69) is 39.6 Å². The summed E-state index contributed by atoms with van der Waals surface area (Å²) in [6, 6.07) is 6.34. The second-order valence-electron chi connectivity index (χ2n) is 7.60. The molecule has 2 heterocycles. The number of likely N-dealkylation sites (tertiary alicyclic amines) is 1. The fourth-order valence-corrected chi connectivity index (χ4v) is 4.29. The number of benzene rings is 1. The Morgan fingerprint density at radius 2 is 1.66 bits per heavy atom. The first-order valence-corrected chi connectivity index (χ1v) is 10.5. The van der Waals surface area contributed by atoms with E-state index in [4.69, 9.17) is 24.5 Å². The third kappa shape index (κ3) is 7.58. The molecule has 9 heteroatoms. The number of aromatic hydroxyl groups is 1. The molecule has 29 heavy (non-hydrogen) atoms. The van der Waals surface area contributed by atoms with Crippen molar-refractivity contribution in [3.8, 4) is 5.75 Å². The monoisotopic (exact) mass is 472 g/mol. The Balaban J connectivity index is 0.000000438. The van der Waals surface area contributed by atoms with Gasteiger partial charge in [0.05, 0.1) is 12.2 Å². The summed E-state index contributed by atoms with van der Waals surface area (Å²) in [5, 5.41) is 24.8. The van der Waals surface area contributed by atoms with Gasteiger partial charge >= 0.3 is 11.9 Å². The van der Waals surface area contributed by atoms with Crippen LogP contribution in [-0.2, 0) is 20.9 Å². The second-order valence-corrected chi connectivity index (χ2v) is 8.52. The summed E-state index contributed by atoms with van der Waals surface area (Å²) in [5.74, 6) is -3.25. The van der Waals surface area contributed by atoms with Gasteiger partial charge in [-0.05, 0) is 58.0 Å². The van der Waals surface area contributed by atoms with Crippen LogP contribution in [0.3, 0.4) is 0 Å². The average Bonchev–Trinajstić information content (AvgIpc) is 2.65. The third-order valence-electron chi connectivity index (χ3n) is 5.14. The van der Waals surface area contributed by atoms with Crippen molar-refractivity contribution in [2.45, 2.75) is 51.5 Å². The molecule has 0 amide bonds. The normalized spacial score (nSPS) is 23.8. The summed E-state index contributed by atoms with van der Waals surface area (Å²) in [5.41, 5.74) is 1.01. The van der Waals surface area contributed by atoms with Gasteiger partial charge in [-0.2, -0.15) is 0 Å². The van der Waals surface area contributed by atoms with Crippen LogP contribution in [0.2, 0.25) is 0 Å². The van der Waals surface area contributed by atoms with Gasteiger partial charge in [-0.15, -0.1) is 0 Å². The van der Waals surface area contributed by atoms with E-state index in [0.717, 1.165) is 42.8 Å². The molecule has 2 saturated heterocycles. The quantitative estimate of drug-likeness (QED) is 0.575. The molecule has 0 bridgehead atoms. The molecule has 0 aliphatic carbocycles. The Morgan fingerprint density at radius 1 is 1.10 bits per heavy atom. The van der Waals surface area contributed by atoms with E-state index >= 15 is 0 Å². The van der Waals surface area contributed by atoms with E-state index in [1.807, 2.05) is 12.1 Å². The highest BCUT2D eigenvalue weighted by Crippen LogP contribution is 2.26. The first-order valence-electron chi connectivity index (χ1n) is 9.71. The number of phenols is 1. The Labute approximate surface area is 179 Å². The lowest BCUT2D eigenvalue weighted by Crippen LogP contribution is -2.53. The number of nitrogens with zero attached hydrogens (tertiary/aromatic N) is 2. The Morgan fingerprint density at radius 3 is 2.17 bits per heavy atom. The Hall–Kier alpha value is -1.68. The largest absolute Gasteiger partial charge is 0.508 e. The molecule has 0 radical (unpaired) electrons. The van der Waals surface area contributed by atoms with Gasteiger partial charge in [0, 0.05) is 35.7 Å². The molecule has 162 valence electrons. The molecule has 2 unspecified atom stereocenters. The van der Waals surface area contributed by atoms with E-state index in [1.165, 1.54) is 12.8 Å². The molecule has 0 aromatic heterocycles. The maximum atomic E-state index is 10.0. The number of morpholine rings is 1. The first-order chi connectivity index (χ1) is 13.7. The molecule has 0 spiro atoms. The second kappa shape index (κ2) is 10.9. The van der Waals surface area contributed by atoms with Crippen LogP contribution in [0, 0.1) is 0 Å². The smallest absolute Gasteiger partial charge is 0.414 e. The molecule has 0 saturated carbocycles. The predicted octanol–water partition coefficient (Wildman–Crippen LogP) is 2.38. The molecule has 2 aliphatic rings. The van der Waals surface area contributed by atoms with E-state index in [-0.39, 0.29) is 0 Å². The summed E-state index contributed by atoms with van der Waals surface area (Å²) >= 11 is 3.49. The van der Waals surface area contributed by atoms with Crippen molar-refractivity contribution in [3.05, 3.63) is 28.2 Å². The summed E-state index contributed by atoms with van der Waals surface area (Å²) in [6.45, 7) is 9.48. The van der Waals surface area contributed by atoms with Crippen LogP contribution in [0.4, 0.5) is 0 Å². The van der Waals surface area contributed by atoms with Gasteiger partial charge in [0.2, 0.25) is 0 Å². The van der Waals surface area contributed by atoms with E-state index in [9.17, 15) is 5.11 Å². The molecule has 3 N–H and O–H groups in total. The average molecular weight is 473 g/mol. The van der Waals surface area contributed by atoms with E-state index in [0.29, 0.717) is 24.0 Å². The standard InChI is InChI=1S/C18H27BrN2O2.C2H2O4/c1-13-10-21(11-14(2)23-13)17-5-7-20(8-6-17)12-15-9-16(19)3-4-18(15)22;3-1(4)2(5)6/h3-4,9,13-14,17,22H,5-8,10-12H2,1-2H3;(H,3,4)(H,5,6). The van der Waals surface area contributed by atoms with Crippen molar-refractivity contribution < 1.29 is 29.6 Å². The summed E-state index contributed by atoms with van der Waals surface area (Å²) in [4.78, 5) is 23.3. The predicted molar refractivity (Wildman–Crippen MR) is 111 cm³/mol. The summed E-state index contributed by atoms with van der Waals surface area (Å²) in [6.07, 6.45) is 3.09. The lowest BCUT2D eigenvalue weighted by atomic mass is 10.0. The van der Waals surface area contributed by atoms with Crippen molar-refractivity contribution in [1.82, 2.24) is 9.80 Å². The van der Waals surface area contributed by atoms with Gasteiger partial charge in [-0.25, -0.2) is 9.59 Å². The number of piperidine rings is 1.